The number of carbonyl (C=O) groups excluding carboxylic acids is 10. The fraction of sp³-hybridized carbons (Fsp3) is 0.464. The number of fused-ring (bicyclic) bond motifs is 3. The van der Waals surface area contributed by atoms with Crippen LogP contribution in [0.15, 0.2) is 54.6 Å². The number of ketones is 3. The molecular weight excluding hydrogens is 1060 g/mol. The van der Waals surface area contributed by atoms with Gasteiger partial charge < -0.3 is 71.7 Å². The van der Waals surface area contributed by atoms with Crippen molar-refractivity contribution in [3.05, 3.63) is 93.6 Å². The summed E-state index contributed by atoms with van der Waals surface area (Å²) in [4.78, 5) is 130. The van der Waals surface area contributed by atoms with E-state index in [9.17, 15) is 68.4 Å². The van der Waals surface area contributed by atoms with Gasteiger partial charge in [0.15, 0.2) is 17.9 Å². The van der Waals surface area contributed by atoms with Crippen LogP contribution in [0.25, 0.3) is 0 Å². The Morgan fingerprint density at radius 2 is 1.57 bits per heavy atom. The average molecular weight is 1130 g/mol. The third-order valence-electron chi connectivity index (χ3n) is 14.7. The summed E-state index contributed by atoms with van der Waals surface area (Å²) in [6, 6.07) is 6.46. The van der Waals surface area contributed by atoms with Gasteiger partial charge in [-0.25, -0.2) is 9.59 Å². The molecule has 4 aliphatic rings. The zero-order valence-electron chi connectivity index (χ0n) is 45.3. The fourth-order valence-electron chi connectivity index (χ4n) is 10.2. The number of primary amides is 1. The van der Waals surface area contributed by atoms with Crippen LogP contribution in [0.5, 0.6) is 17.2 Å². The highest BCUT2D eigenvalue weighted by atomic mass is 16.7. The number of ether oxygens (including phenoxy) is 4. The number of phenols is 2. The van der Waals surface area contributed by atoms with E-state index in [2.05, 4.69) is 26.6 Å². The predicted molar refractivity (Wildman–Crippen MR) is 284 cm³/mol. The summed E-state index contributed by atoms with van der Waals surface area (Å²) >= 11 is 0. The van der Waals surface area contributed by atoms with Crippen LogP contribution in [0.4, 0.5) is 15.3 Å². The van der Waals surface area contributed by atoms with E-state index in [1.807, 2.05) is 0 Å². The molecule has 25 nitrogen and oxygen atoms in total. The van der Waals surface area contributed by atoms with Crippen molar-refractivity contribution in [2.45, 2.75) is 140 Å². The van der Waals surface area contributed by atoms with Gasteiger partial charge in [0, 0.05) is 73.3 Å². The summed E-state index contributed by atoms with van der Waals surface area (Å²) in [7, 11) is 1.30. The molecule has 8 amide bonds. The van der Waals surface area contributed by atoms with Crippen molar-refractivity contribution in [1.82, 2.24) is 26.2 Å². The fourth-order valence-corrected chi connectivity index (χ4v) is 10.2. The van der Waals surface area contributed by atoms with Crippen LogP contribution in [0.3, 0.4) is 0 Å². The summed E-state index contributed by atoms with van der Waals surface area (Å²) in [6.45, 7) is 6.11. The number of amides is 8. The van der Waals surface area contributed by atoms with Gasteiger partial charge in [-0.1, -0.05) is 44.5 Å². The second kappa shape index (κ2) is 25.9. The SMILES string of the molecule is COc1cccc2c1C(=O)c1c(O)c3c(c(O)c1C2=O)C[C@@](O)(C(C)=O)C[C@@H]3O[C@H]1C[C@H](NC(=O)OCc2ccc(NC(=O)[C@H](CCCNC(N)=O)NC(=O)[C@@H](NC(=O)CCCCCN3C(=O)C=CC3=O)C(C)C)cc2)[C@H](O)[C@H](C)O1. The molecule has 81 heavy (non-hydrogen) atoms. The Kier molecular flexibility index (Phi) is 19.3. The lowest BCUT2D eigenvalue weighted by Gasteiger charge is -2.42. The largest absolute Gasteiger partial charge is 0.507 e. The lowest BCUT2D eigenvalue weighted by molar-refractivity contribution is -0.249. The van der Waals surface area contributed by atoms with Gasteiger partial charge in [-0.05, 0) is 69.2 Å². The molecule has 0 unspecified atom stereocenters. The maximum Gasteiger partial charge on any atom is 0.407 e. The molecule has 2 aliphatic carbocycles. The van der Waals surface area contributed by atoms with Crippen LogP contribution in [0, 0.1) is 5.92 Å². The predicted octanol–water partition coefficient (Wildman–Crippen LogP) is 2.49. The zero-order valence-corrected chi connectivity index (χ0v) is 45.3. The van der Waals surface area contributed by atoms with E-state index in [4.69, 9.17) is 24.7 Å². The first kappa shape index (κ1) is 60.4. The number of benzene rings is 3. The van der Waals surface area contributed by atoms with Crippen molar-refractivity contribution in [3.8, 4) is 17.2 Å². The molecule has 2 aliphatic heterocycles. The quantitative estimate of drug-likeness (QED) is 0.0290. The molecule has 434 valence electrons. The van der Waals surface area contributed by atoms with Gasteiger partial charge in [0.1, 0.15) is 47.6 Å². The second-order valence-electron chi connectivity index (χ2n) is 20.7. The molecule has 0 spiro atoms. The first-order valence-electron chi connectivity index (χ1n) is 26.5. The zero-order chi connectivity index (χ0) is 59.0. The number of rotatable bonds is 23. The lowest BCUT2D eigenvalue weighted by atomic mass is 9.72. The van der Waals surface area contributed by atoms with Crippen LogP contribution in [-0.2, 0) is 56.0 Å². The Balaban J connectivity index is 0.952. The van der Waals surface area contributed by atoms with Gasteiger partial charge >= 0.3 is 12.1 Å². The smallest absolute Gasteiger partial charge is 0.407 e. The van der Waals surface area contributed by atoms with Gasteiger partial charge in [0.25, 0.3) is 11.8 Å². The number of aliphatic hydroxyl groups excluding tert-OH is 1. The summed E-state index contributed by atoms with van der Waals surface area (Å²) < 4.78 is 23.1. The van der Waals surface area contributed by atoms with Crippen molar-refractivity contribution >= 4 is 64.7 Å². The first-order valence-corrected chi connectivity index (χ1v) is 26.5. The number of anilines is 1. The van der Waals surface area contributed by atoms with Crippen LogP contribution >= 0.6 is 0 Å². The average Bonchev–Trinajstić information content (AvgIpc) is 3.78. The van der Waals surface area contributed by atoms with E-state index in [0.29, 0.717) is 30.5 Å². The normalized spacial score (nSPS) is 21.7. The summed E-state index contributed by atoms with van der Waals surface area (Å²) in [5.74, 6) is -6.59. The minimum Gasteiger partial charge on any atom is -0.507 e. The third-order valence-corrected chi connectivity index (χ3v) is 14.7. The monoisotopic (exact) mass is 1130 g/mol. The van der Waals surface area contributed by atoms with Crippen LogP contribution in [-0.4, -0.2) is 147 Å². The van der Waals surface area contributed by atoms with Gasteiger partial charge in [-0.2, -0.15) is 0 Å². The number of alkyl carbamates (subject to hydrolysis) is 1. The number of Topliss-reactive ketones (excluding diaryl/α,β-unsaturated/α-hetero) is 1. The number of urea groups is 1. The highest BCUT2D eigenvalue weighted by molar-refractivity contribution is 6.31. The molecule has 25 heteroatoms. The van der Waals surface area contributed by atoms with Crippen molar-refractivity contribution in [3.63, 3.8) is 0 Å². The number of nitrogens with two attached hydrogens (primary N) is 1. The number of methoxy groups -OCH3 is 1. The van der Waals surface area contributed by atoms with Crippen molar-refractivity contribution in [2.75, 3.05) is 25.5 Å². The Morgan fingerprint density at radius 3 is 2.22 bits per heavy atom. The Bertz CT molecular complexity index is 3000. The van der Waals surface area contributed by atoms with Crippen molar-refractivity contribution in [2.24, 2.45) is 11.7 Å². The molecule has 2 heterocycles. The molecule has 0 saturated carbocycles. The number of aliphatic hydroxyl groups is 2. The number of imide groups is 1. The number of carbonyl (C=O) groups is 10. The van der Waals surface area contributed by atoms with Crippen molar-refractivity contribution in [1.29, 1.82) is 0 Å². The molecule has 0 aromatic heterocycles. The number of nitrogens with one attached hydrogen (secondary N) is 5. The van der Waals surface area contributed by atoms with Crippen molar-refractivity contribution < 1.29 is 87.3 Å². The van der Waals surface area contributed by atoms with E-state index in [0.717, 1.165) is 11.8 Å². The number of unbranched alkanes of at least 4 members (excludes halogenated alkanes) is 2. The van der Waals surface area contributed by atoms with E-state index in [-0.39, 0.29) is 91.1 Å². The number of hydrogen-bond acceptors (Lipinski definition) is 18. The first-order chi connectivity index (χ1) is 38.4. The second-order valence-corrected chi connectivity index (χ2v) is 20.7. The molecule has 7 rings (SSSR count). The van der Waals surface area contributed by atoms with Gasteiger partial charge in [0.2, 0.25) is 23.5 Å². The highest BCUT2D eigenvalue weighted by Gasteiger charge is 2.50. The molecule has 3 aromatic rings. The van der Waals surface area contributed by atoms with Gasteiger partial charge in [-0.15, -0.1) is 0 Å². The number of aromatic hydroxyl groups is 2. The molecule has 3 aromatic carbocycles. The molecule has 11 N–H and O–H groups in total. The Labute approximate surface area is 465 Å². The lowest BCUT2D eigenvalue weighted by Crippen LogP contribution is -2.55. The van der Waals surface area contributed by atoms with Crippen LogP contribution in [0.1, 0.15) is 134 Å². The summed E-state index contributed by atoms with van der Waals surface area (Å²) in [5, 5.41) is 59.6. The molecule has 1 saturated heterocycles. The number of hydrogen-bond donors (Lipinski definition) is 10. The van der Waals surface area contributed by atoms with E-state index < -0.39 is 131 Å². The topological polar surface area (TPSA) is 378 Å². The number of phenolic OH excluding ortho intramolecular Hbond substituents is 2. The molecular formula is C56H67N7O18. The molecule has 8 atom stereocenters. The minimum absolute atomic E-state index is 0.0451. The Morgan fingerprint density at radius 1 is 0.877 bits per heavy atom. The maximum absolute atomic E-state index is 14.1. The third kappa shape index (κ3) is 13.8. The van der Waals surface area contributed by atoms with E-state index in [1.54, 1.807) is 26.0 Å². The van der Waals surface area contributed by atoms with Gasteiger partial charge in [-0.3, -0.25) is 43.3 Å². The van der Waals surface area contributed by atoms with E-state index >= 15 is 0 Å². The van der Waals surface area contributed by atoms with E-state index in [1.165, 1.54) is 56.5 Å². The summed E-state index contributed by atoms with van der Waals surface area (Å²) in [5.41, 5.74) is 2.12. The van der Waals surface area contributed by atoms with Crippen LogP contribution < -0.4 is 37.1 Å². The highest BCUT2D eigenvalue weighted by Crippen LogP contribution is 2.52. The summed E-state index contributed by atoms with van der Waals surface area (Å²) in [6.07, 6.45) is -3.08. The molecule has 0 radical (unpaired) electrons. The number of nitrogens with zero attached hydrogens (tertiary/aromatic N) is 1. The maximum atomic E-state index is 14.1. The molecule has 0 bridgehead atoms. The standard InChI is InChI=1S/C56H67N7O18/c1-27(2)46(62-38(65)14-7-6-8-22-63-39(66)19-20-40(63)67)53(74)60-34(12-10-21-58-54(57)75)52(73)59-31-17-15-30(16-18-31)26-79-55(76)61-35-23-41(80-28(3)47(35)68)81-37-25-56(77,29(4)64)24-33-43(37)51(72)45-44(49(33)70)48(69)32-11-9-13-36(78-5)42(32)50(45)71/h9,11,13,15-20,27-28,34-35,37,41,46-47,68,70,72,77H,6-8,10,12,14,21-26H2,1-5H3,(H,59,73)(H,60,74)(H,61,76)(H,62,65)(H3,57,58,75)/t28-,34-,35-,37-,41-,46-,47+,56-/m0/s1. The van der Waals surface area contributed by atoms with Crippen LogP contribution in [0.2, 0.25) is 0 Å². The Hall–Kier alpha value is -8.26. The molecule has 1 fully saturated rings. The minimum atomic E-state index is -2.18. The van der Waals surface area contributed by atoms with Gasteiger partial charge in [0.05, 0.1) is 42.0 Å².